The van der Waals surface area contributed by atoms with Crippen molar-refractivity contribution in [2.75, 3.05) is 27.3 Å². The summed E-state index contributed by atoms with van der Waals surface area (Å²) in [5, 5.41) is 2.98. The highest BCUT2D eigenvalue weighted by Gasteiger charge is 2.25. The summed E-state index contributed by atoms with van der Waals surface area (Å²) in [5.41, 5.74) is 0.125. The van der Waals surface area contributed by atoms with Gasteiger partial charge in [-0.25, -0.2) is 4.79 Å². The monoisotopic (exact) mass is 412 g/mol. The molecule has 0 unspecified atom stereocenters. The molecule has 0 heterocycles. The van der Waals surface area contributed by atoms with Crippen molar-refractivity contribution in [1.29, 1.82) is 0 Å². The van der Waals surface area contributed by atoms with Gasteiger partial charge in [-0.2, -0.15) is 0 Å². The first-order valence-electron chi connectivity index (χ1n) is 8.96. The second-order valence-electron chi connectivity index (χ2n) is 6.82. The molecule has 8 nitrogen and oxygen atoms in total. The molecule has 0 spiro atoms. The maximum atomic E-state index is 12.3. The maximum Gasteiger partial charge on any atom is 0.338 e. The van der Waals surface area contributed by atoms with Gasteiger partial charge in [0.2, 0.25) is 5.91 Å². The summed E-state index contributed by atoms with van der Waals surface area (Å²) >= 11 is 6.19. The molecular formula is C19H25ClN2O6. The first-order valence-corrected chi connectivity index (χ1v) is 9.33. The van der Waals surface area contributed by atoms with E-state index >= 15 is 0 Å². The fraction of sp³-hybridized carbons (Fsp3) is 0.526. The molecule has 1 aromatic carbocycles. The molecule has 1 aliphatic rings. The Bertz CT molecular complexity index is 748. The van der Waals surface area contributed by atoms with E-state index in [9.17, 15) is 14.4 Å². The Hall–Kier alpha value is -2.48. The summed E-state index contributed by atoms with van der Waals surface area (Å²) < 4.78 is 15.9. The van der Waals surface area contributed by atoms with Crippen LogP contribution in [0, 0.1) is 0 Å². The van der Waals surface area contributed by atoms with E-state index in [2.05, 4.69) is 5.32 Å². The summed E-state index contributed by atoms with van der Waals surface area (Å²) in [5.74, 6) is -0.846. The molecule has 2 amide bonds. The van der Waals surface area contributed by atoms with Gasteiger partial charge in [0.25, 0.3) is 5.91 Å². The first-order chi connectivity index (χ1) is 13.2. The van der Waals surface area contributed by atoms with Crippen molar-refractivity contribution >= 4 is 29.4 Å². The number of esters is 1. The van der Waals surface area contributed by atoms with Gasteiger partial charge in [-0.15, -0.1) is 0 Å². The second-order valence-corrected chi connectivity index (χ2v) is 7.23. The Morgan fingerprint density at radius 2 is 1.96 bits per heavy atom. The number of methoxy groups -OCH3 is 1. The fourth-order valence-corrected chi connectivity index (χ4v) is 2.57. The average molecular weight is 413 g/mol. The van der Waals surface area contributed by atoms with Gasteiger partial charge in [0.1, 0.15) is 0 Å². The summed E-state index contributed by atoms with van der Waals surface area (Å²) in [6.45, 7) is 3.10. The Kier molecular flexibility index (Phi) is 7.51. The van der Waals surface area contributed by atoms with Crippen LogP contribution >= 0.6 is 11.6 Å². The standard InChI is InChI=1S/C19H25ClN2O6/c1-11(2)28-18-14(20)7-12(8-15(18)26-4)19(25)27-10-17(24)22(3)9-16(23)21-13-5-6-13/h7-8,11,13H,5-6,9-10H2,1-4H3,(H,21,23). The Labute approximate surface area is 169 Å². The first kappa shape index (κ1) is 21.8. The second kappa shape index (κ2) is 9.64. The zero-order valence-corrected chi connectivity index (χ0v) is 17.2. The van der Waals surface area contributed by atoms with E-state index in [1.807, 2.05) is 13.8 Å². The molecule has 0 bridgehead atoms. The molecule has 1 aromatic rings. The minimum atomic E-state index is -0.736. The van der Waals surface area contributed by atoms with E-state index < -0.39 is 18.5 Å². The highest BCUT2D eigenvalue weighted by Crippen LogP contribution is 2.37. The smallest absolute Gasteiger partial charge is 0.338 e. The number of ether oxygens (including phenoxy) is 3. The molecule has 1 saturated carbocycles. The average Bonchev–Trinajstić information content (AvgIpc) is 3.44. The topological polar surface area (TPSA) is 94.2 Å². The molecular weight excluding hydrogens is 388 g/mol. The molecule has 1 fully saturated rings. The van der Waals surface area contributed by atoms with Crippen LogP contribution in [0.1, 0.15) is 37.0 Å². The van der Waals surface area contributed by atoms with Crippen molar-refractivity contribution in [2.24, 2.45) is 0 Å². The Balaban J connectivity index is 1.93. The number of amides is 2. The van der Waals surface area contributed by atoms with Crippen LogP contribution in [0.25, 0.3) is 0 Å². The molecule has 0 atom stereocenters. The van der Waals surface area contributed by atoms with Gasteiger partial charge < -0.3 is 24.4 Å². The molecule has 9 heteroatoms. The van der Waals surface area contributed by atoms with Crippen molar-refractivity contribution in [3.63, 3.8) is 0 Å². The van der Waals surface area contributed by atoms with Gasteiger partial charge in [-0.1, -0.05) is 11.6 Å². The number of benzene rings is 1. The van der Waals surface area contributed by atoms with Gasteiger partial charge in [0.15, 0.2) is 18.1 Å². The lowest BCUT2D eigenvalue weighted by Gasteiger charge is -2.17. The number of hydrogen-bond acceptors (Lipinski definition) is 6. The third kappa shape index (κ3) is 6.30. The molecule has 1 aliphatic carbocycles. The predicted octanol–water partition coefficient (Wildman–Crippen LogP) is 2.03. The van der Waals surface area contributed by atoms with Crippen LogP contribution in [0.3, 0.4) is 0 Å². The number of nitrogens with one attached hydrogen (secondary N) is 1. The van der Waals surface area contributed by atoms with E-state index in [1.54, 1.807) is 0 Å². The van der Waals surface area contributed by atoms with Gasteiger partial charge in [0.05, 0.1) is 30.3 Å². The molecule has 0 saturated heterocycles. The highest BCUT2D eigenvalue weighted by atomic mass is 35.5. The molecule has 2 rings (SSSR count). The van der Waals surface area contributed by atoms with Crippen LogP contribution in [-0.2, 0) is 14.3 Å². The SMILES string of the molecule is COc1cc(C(=O)OCC(=O)N(C)CC(=O)NC2CC2)cc(Cl)c1OC(C)C. The molecule has 0 aliphatic heterocycles. The number of halogens is 1. The normalized spacial score (nSPS) is 13.1. The van der Waals surface area contributed by atoms with E-state index in [1.165, 1.54) is 31.2 Å². The molecule has 154 valence electrons. The minimum absolute atomic E-state index is 0.0895. The number of carbonyl (C=O) groups excluding carboxylic acids is 3. The molecule has 0 radical (unpaired) electrons. The van der Waals surface area contributed by atoms with E-state index in [0.29, 0.717) is 5.75 Å². The van der Waals surface area contributed by atoms with E-state index in [-0.39, 0.29) is 40.9 Å². The summed E-state index contributed by atoms with van der Waals surface area (Å²) in [4.78, 5) is 37.3. The number of hydrogen-bond donors (Lipinski definition) is 1. The van der Waals surface area contributed by atoms with Gasteiger partial charge in [-0.05, 0) is 38.8 Å². The quantitative estimate of drug-likeness (QED) is 0.624. The predicted molar refractivity (Wildman–Crippen MR) is 103 cm³/mol. The number of nitrogens with zero attached hydrogens (tertiary/aromatic N) is 1. The highest BCUT2D eigenvalue weighted by molar-refractivity contribution is 6.32. The summed E-state index contributed by atoms with van der Waals surface area (Å²) in [7, 11) is 2.90. The molecule has 28 heavy (non-hydrogen) atoms. The van der Waals surface area contributed by atoms with Crippen molar-refractivity contribution in [1.82, 2.24) is 10.2 Å². The number of rotatable bonds is 9. The van der Waals surface area contributed by atoms with E-state index in [0.717, 1.165) is 12.8 Å². The lowest BCUT2D eigenvalue weighted by molar-refractivity contribution is -0.137. The number of likely N-dealkylation sites (N-methyl/N-ethyl adjacent to an activating group) is 1. The fourth-order valence-electron chi connectivity index (χ4n) is 2.31. The van der Waals surface area contributed by atoms with Crippen LogP contribution in [-0.4, -0.2) is 62.1 Å². The number of carbonyl (C=O) groups is 3. The van der Waals surface area contributed by atoms with Crippen molar-refractivity contribution in [2.45, 2.75) is 38.8 Å². The van der Waals surface area contributed by atoms with Crippen molar-refractivity contribution < 1.29 is 28.6 Å². The van der Waals surface area contributed by atoms with Gasteiger partial charge in [0, 0.05) is 13.1 Å². The van der Waals surface area contributed by atoms with Crippen molar-refractivity contribution in [3.8, 4) is 11.5 Å². The van der Waals surface area contributed by atoms with Crippen LogP contribution in [0.15, 0.2) is 12.1 Å². The Morgan fingerprint density at radius 1 is 1.29 bits per heavy atom. The minimum Gasteiger partial charge on any atom is -0.493 e. The lowest BCUT2D eigenvalue weighted by atomic mass is 10.2. The van der Waals surface area contributed by atoms with E-state index in [4.69, 9.17) is 25.8 Å². The van der Waals surface area contributed by atoms with Gasteiger partial charge >= 0.3 is 5.97 Å². The van der Waals surface area contributed by atoms with Crippen LogP contribution in [0.2, 0.25) is 5.02 Å². The molecule has 0 aromatic heterocycles. The van der Waals surface area contributed by atoms with Gasteiger partial charge in [-0.3, -0.25) is 9.59 Å². The zero-order valence-electron chi connectivity index (χ0n) is 16.4. The summed E-state index contributed by atoms with van der Waals surface area (Å²) in [6, 6.07) is 3.04. The Morgan fingerprint density at radius 3 is 2.54 bits per heavy atom. The summed E-state index contributed by atoms with van der Waals surface area (Å²) in [6.07, 6.45) is 1.80. The maximum absolute atomic E-state index is 12.3. The van der Waals surface area contributed by atoms with Crippen LogP contribution in [0.4, 0.5) is 0 Å². The zero-order chi connectivity index (χ0) is 20.8. The van der Waals surface area contributed by atoms with Crippen LogP contribution < -0.4 is 14.8 Å². The molecule has 1 N–H and O–H groups in total. The third-order valence-electron chi connectivity index (χ3n) is 3.89. The third-order valence-corrected chi connectivity index (χ3v) is 4.18. The van der Waals surface area contributed by atoms with Crippen molar-refractivity contribution in [3.05, 3.63) is 22.7 Å². The van der Waals surface area contributed by atoms with Crippen LogP contribution in [0.5, 0.6) is 11.5 Å². The largest absolute Gasteiger partial charge is 0.493 e. The lowest BCUT2D eigenvalue weighted by Crippen LogP contribution is -2.40.